The van der Waals surface area contributed by atoms with E-state index < -0.39 is 16.6 Å². The molecule has 1 fully saturated rings. The summed E-state index contributed by atoms with van der Waals surface area (Å²) in [4.78, 5) is 24.8. The molecule has 1 saturated carbocycles. The minimum absolute atomic E-state index is 0.285. The molecular formula is C12H15N3O4. The Hall–Kier alpha value is -2.18. The van der Waals surface area contributed by atoms with Gasteiger partial charge in [-0.3, -0.25) is 10.1 Å². The molecule has 7 heteroatoms. The standard InChI is InChI=1S/C12H15N3O4/c1-2-12(3-4-12)7-14-10-5-8(11(16)17)9(6-13-10)15(18)19/h5-6H,2-4,7H2,1H3,(H,13,14)(H,16,17). The predicted octanol–water partition coefficient (Wildman–Crippen LogP) is 2.29. The second-order valence-electron chi connectivity index (χ2n) is 4.86. The molecule has 1 aromatic rings. The summed E-state index contributed by atoms with van der Waals surface area (Å²) in [5, 5.41) is 22.7. The third kappa shape index (κ3) is 2.81. The fourth-order valence-electron chi connectivity index (χ4n) is 1.97. The average Bonchev–Trinajstić information content (AvgIpc) is 3.16. The zero-order chi connectivity index (χ0) is 14.0. The Kier molecular flexibility index (Phi) is 3.37. The Morgan fingerprint density at radius 3 is 2.79 bits per heavy atom. The molecule has 1 aliphatic rings. The minimum atomic E-state index is -1.33. The van der Waals surface area contributed by atoms with Crippen LogP contribution >= 0.6 is 0 Å². The van der Waals surface area contributed by atoms with E-state index in [9.17, 15) is 14.9 Å². The number of hydrogen-bond acceptors (Lipinski definition) is 5. The Labute approximate surface area is 109 Å². The van der Waals surface area contributed by atoms with E-state index in [0.717, 1.165) is 25.5 Å². The smallest absolute Gasteiger partial charge is 0.342 e. The van der Waals surface area contributed by atoms with Crippen LogP contribution in [0.5, 0.6) is 0 Å². The van der Waals surface area contributed by atoms with Crippen LogP contribution < -0.4 is 5.32 Å². The molecule has 0 atom stereocenters. The van der Waals surface area contributed by atoms with Gasteiger partial charge >= 0.3 is 11.7 Å². The zero-order valence-electron chi connectivity index (χ0n) is 10.5. The third-order valence-corrected chi connectivity index (χ3v) is 3.66. The first kappa shape index (κ1) is 13.3. The van der Waals surface area contributed by atoms with Gasteiger partial charge in [0.25, 0.3) is 0 Å². The lowest BCUT2D eigenvalue weighted by atomic mass is 10.0. The fourth-order valence-corrected chi connectivity index (χ4v) is 1.97. The molecule has 2 rings (SSSR count). The quantitative estimate of drug-likeness (QED) is 0.603. The molecule has 0 spiro atoms. The van der Waals surface area contributed by atoms with Gasteiger partial charge in [-0.15, -0.1) is 0 Å². The van der Waals surface area contributed by atoms with Gasteiger partial charge in [0.2, 0.25) is 0 Å². The van der Waals surface area contributed by atoms with Gasteiger partial charge in [0.15, 0.2) is 0 Å². The Balaban J connectivity index is 2.16. The SMILES string of the molecule is CCC1(CNc2cc(C(=O)O)c([N+](=O)[O-])cn2)CC1. The van der Waals surface area contributed by atoms with Gasteiger partial charge in [-0.2, -0.15) is 0 Å². The van der Waals surface area contributed by atoms with Gasteiger partial charge in [0.1, 0.15) is 17.6 Å². The molecule has 1 aliphatic carbocycles. The highest BCUT2D eigenvalue weighted by Gasteiger charge is 2.40. The van der Waals surface area contributed by atoms with Crippen LogP contribution in [0.25, 0.3) is 0 Å². The zero-order valence-corrected chi connectivity index (χ0v) is 10.5. The van der Waals surface area contributed by atoms with E-state index in [1.165, 1.54) is 6.07 Å². The monoisotopic (exact) mass is 265 g/mol. The number of anilines is 1. The topological polar surface area (TPSA) is 105 Å². The molecule has 0 radical (unpaired) electrons. The summed E-state index contributed by atoms with van der Waals surface area (Å²) in [6, 6.07) is 1.21. The van der Waals surface area contributed by atoms with E-state index in [-0.39, 0.29) is 11.0 Å². The highest BCUT2D eigenvalue weighted by atomic mass is 16.6. The predicted molar refractivity (Wildman–Crippen MR) is 68.3 cm³/mol. The maximum absolute atomic E-state index is 11.0. The molecule has 0 aromatic carbocycles. The summed E-state index contributed by atoms with van der Waals surface area (Å²) in [7, 11) is 0. The molecule has 102 valence electrons. The molecule has 19 heavy (non-hydrogen) atoms. The third-order valence-electron chi connectivity index (χ3n) is 3.66. The van der Waals surface area contributed by atoms with E-state index >= 15 is 0 Å². The molecule has 0 amide bonds. The van der Waals surface area contributed by atoms with Gasteiger partial charge in [-0.1, -0.05) is 6.92 Å². The van der Waals surface area contributed by atoms with Crippen LogP contribution in [0.2, 0.25) is 0 Å². The number of rotatable bonds is 6. The van der Waals surface area contributed by atoms with E-state index in [4.69, 9.17) is 5.11 Å². The number of nitrogens with zero attached hydrogens (tertiary/aromatic N) is 2. The number of hydrogen-bond donors (Lipinski definition) is 2. The van der Waals surface area contributed by atoms with E-state index in [1.54, 1.807) is 0 Å². The van der Waals surface area contributed by atoms with Crippen LogP contribution in [0, 0.1) is 15.5 Å². The summed E-state index contributed by atoms with van der Waals surface area (Å²) in [6.07, 6.45) is 4.33. The highest BCUT2D eigenvalue weighted by Crippen LogP contribution is 2.48. The van der Waals surface area contributed by atoms with Crippen molar-refractivity contribution in [3.8, 4) is 0 Å². The molecule has 2 N–H and O–H groups in total. The van der Waals surface area contributed by atoms with Crippen LogP contribution in [0.15, 0.2) is 12.3 Å². The summed E-state index contributed by atoms with van der Waals surface area (Å²) < 4.78 is 0. The molecule has 1 heterocycles. The van der Waals surface area contributed by atoms with E-state index in [1.807, 2.05) is 0 Å². The van der Waals surface area contributed by atoms with Crippen molar-refractivity contribution >= 4 is 17.5 Å². The van der Waals surface area contributed by atoms with Gasteiger partial charge in [-0.25, -0.2) is 9.78 Å². The molecule has 1 aromatic heterocycles. The molecule has 0 unspecified atom stereocenters. The second-order valence-corrected chi connectivity index (χ2v) is 4.86. The number of aromatic nitrogens is 1. The largest absolute Gasteiger partial charge is 0.477 e. The summed E-state index contributed by atoms with van der Waals surface area (Å²) in [5.74, 6) is -0.962. The average molecular weight is 265 g/mol. The van der Waals surface area contributed by atoms with Gasteiger partial charge < -0.3 is 10.4 Å². The molecule has 0 aliphatic heterocycles. The van der Waals surface area contributed by atoms with Gasteiger partial charge in [0.05, 0.1) is 4.92 Å². The first-order chi connectivity index (χ1) is 8.97. The van der Waals surface area contributed by atoms with Crippen molar-refractivity contribution in [3.05, 3.63) is 27.9 Å². The lowest BCUT2D eigenvalue weighted by molar-refractivity contribution is -0.385. The Bertz CT molecular complexity index is 526. The molecule has 0 saturated heterocycles. The minimum Gasteiger partial charge on any atom is -0.477 e. The van der Waals surface area contributed by atoms with Crippen LogP contribution in [-0.4, -0.2) is 27.5 Å². The fraction of sp³-hybridized carbons (Fsp3) is 0.500. The number of pyridine rings is 1. The van der Waals surface area contributed by atoms with E-state index in [0.29, 0.717) is 12.4 Å². The van der Waals surface area contributed by atoms with Crippen molar-refractivity contribution in [2.45, 2.75) is 26.2 Å². The number of carbonyl (C=O) groups is 1. The van der Waals surface area contributed by atoms with Crippen LogP contribution in [0.4, 0.5) is 11.5 Å². The lowest BCUT2D eigenvalue weighted by Crippen LogP contribution is -2.16. The van der Waals surface area contributed by atoms with Crippen molar-refractivity contribution in [1.29, 1.82) is 0 Å². The normalized spacial score (nSPS) is 15.8. The number of nitro groups is 1. The number of carboxylic acid groups (broad SMARTS) is 1. The van der Waals surface area contributed by atoms with Crippen molar-refractivity contribution in [2.24, 2.45) is 5.41 Å². The second kappa shape index (κ2) is 4.83. The highest BCUT2D eigenvalue weighted by molar-refractivity contribution is 5.93. The Morgan fingerprint density at radius 1 is 1.63 bits per heavy atom. The summed E-state index contributed by atoms with van der Waals surface area (Å²) in [6.45, 7) is 2.83. The van der Waals surface area contributed by atoms with E-state index in [2.05, 4.69) is 17.2 Å². The first-order valence-electron chi connectivity index (χ1n) is 6.09. The van der Waals surface area contributed by atoms with Gasteiger partial charge in [0, 0.05) is 12.6 Å². The number of nitrogens with one attached hydrogen (secondary N) is 1. The number of carboxylic acids is 1. The summed E-state index contributed by atoms with van der Waals surface area (Å²) >= 11 is 0. The van der Waals surface area contributed by atoms with Crippen LogP contribution in [0.3, 0.4) is 0 Å². The van der Waals surface area contributed by atoms with Crippen molar-refractivity contribution in [1.82, 2.24) is 4.98 Å². The first-order valence-corrected chi connectivity index (χ1v) is 6.09. The van der Waals surface area contributed by atoms with Crippen molar-refractivity contribution in [2.75, 3.05) is 11.9 Å². The molecular weight excluding hydrogens is 250 g/mol. The van der Waals surface area contributed by atoms with Crippen molar-refractivity contribution < 1.29 is 14.8 Å². The molecule has 7 nitrogen and oxygen atoms in total. The maximum atomic E-state index is 11.0. The lowest BCUT2D eigenvalue weighted by Gasteiger charge is -2.13. The van der Waals surface area contributed by atoms with Crippen LogP contribution in [0.1, 0.15) is 36.5 Å². The Morgan fingerprint density at radius 2 is 2.32 bits per heavy atom. The number of aromatic carboxylic acids is 1. The summed E-state index contributed by atoms with van der Waals surface area (Å²) in [5.41, 5.74) is -0.550. The maximum Gasteiger partial charge on any atom is 0.342 e. The van der Waals surface area contributed by atoms with Crippen molar-refractivity contribution in [3.63, 3.8) is 0 Å². The van der Waals surface area contributed by atoms with Crippen LogP contribution in [-0.2, 0) is 0 Å². The van der Waals surface area contributed by atoms with Gasteiger partial charge in [-0.05, 0) is 24.7 Å². The molecule has 0 bridgehead atoms.